The van der Waals surface area contributed by atoms with Crippen LogP contribution >= 0.6 is 0 Å². The maximum atomic E-state index is 5.79. The minimum Gasteiger partial charge on any atom is -0.376 e. The lowest BCUT2D eigenvalue weighted by Crippen LogP contribution is -2.46. The number of ether oxygens (including phenoxy) is 1. The van der Waals surface area contributed by atoms with E-state index in [1.165, 1.54) is 32.1 Å². The predicted octanol–water partition coefficient (Wildman–Crippen LogP) is 1.68. The van der Waals surface area contributed by atoms with Gasteiger partial charge in [0.1, 0.15) is 0 Å². The molecule has 1 spiro atoms. The second-order valence-corrected chi connectivity index (χ2v) is 4.60. The molecule has 0 aromatic carbocycles. The summed E-state index contributed by atoms with van der Waals surface area (Å²) in [6, 6.07) is 0.211. The van der Waals surface area contributed by atoms with E-state index in [2.05, 4.69) is 0 Å². The van der Waals surface area contributed by atoms with Crippen LogP contribution in [0.3, 0.4) is 0 Å². The molecule has 0 bridgehead atoms. The molecule has 2 unspecified atom stereocenters. The van der Waals surface area contributed by atoms with Crippen LogP contribution in [0.25, 0.3) is 0 Å². The Hall–Kier alpha value is -0.0800. The summed E-state index contributed by atoms with van der Waals surface area (Å²) in [7, 11) is 0. The largest absolute Gasteiger partial charge is 0.376 e. The first-order valence-electron chi connectivity index (χ1n) is 5.09. The third kappa shape index (κ3) is 1.38. The zero-order valence-corrected chi connectivity index (χ0v) is 7.88. The van der Waals surface area contributed by atoms with Gasteiger partial charge in [0, 0.05) is 6.04 Å². The van der Waals surface area contributed by atoms with Crippen molar-refractivity contribution in [1.82, 2.24) is 0 Å². The fraction of sp³-hybridized carbons (Fsp3) is 1.00. The lowest BCUT2D eigenvalue weighted by atomic mass is 9.65. The van der Waals surface area contributed by atoms with Crippen LogP contribution < -0.4 is 5.73 Å². The van der Waals surface area contributed by atoms with E-state index in [1.807, 2.05) is 6.92 Å². The van der Waals surface area contributed by atoms with Gasteiger partial charge in [-0.25, -0.2) is 0 Å². The highest BCUT2D eigenvalue weighted by atomic mass is 16.5. The minimum atomic E-state index is 0.211. The Morgan fingerprint density at radius 2 is 2.17 bits per heavy atom. The van der Waals surface area contributed by atoms with E-state index in [9.17, 15) is 0 Å². The van der Waals surface area contributed by atoms with E-state index in [0.29, 0.717) is 11.5 Å². The molecule has 2 rings (SSSR count). The molecule has 0 aromatic rings. The van der Waals surface area contributed by atoms with Crippen LogP contribution in [0.4, 0.5) is 0 Å². The average Bonchev–Trinajstić information content (AvgIpc) is 2.02. The molecule has 1 aliphatic carbocycles. The summed E-state index contributed by atoms with van der Waals surface area (Å²) in [4.78, 5) is 0. The molecule has 2 fully saturated rings. The van der Waals surface area contributed by atoms with Gasteiger partial charge in [0.25, 0.3) is 0 Å². The Bertz CT molecular complexity index is 153. The van der Waals surface area contributed by atoms with Gasteiger partial charge in [-0.15, -0.1) is 0 Å². The van der Waals surface area contributed by atoms with Gasteiger partial charge >= 0.3 is 0 Å². The monoisotopic (exact) mass is 169 g/mol. The van der Waals surface area contributed by atoms with Gasteiger partial charge in [0.05, 0.1) is 12.7 Å². The third-order valence-corrected chi connectivity index (χ3v) is 3.56. The molecule has 0 radical (unpaired) electrons. The van der Waals surface area contributed by atoms with E-state index in [1.54, 1.807) is 0 Å². The summed E-state index contributed by atoms with van der Waals surface area (Å²) in [5.41, 5.74) is 6.38. The van der Waals surface area contributed by atoms with Crippen molar-refractivity contribution < 1.29 is 4.74 Å². The maximum Gasteiger partial charge on any atom is 0.0723 e. The Labute approximate surface area is 74.5 Å². The normalized spacial score (nSPS) is 36.0. The van der Waals surface area contributed by atoms with E-state index >= 15 is 0 Å². The fourth-order valence-corrected chi connectivity index (χ4v) is 2.37. The molecule has 2 heteroatoms. The van der Waals surface area contributed by atoms with Gasteiger partial charge in [-0.05, 0) is 38.0 Å². The third-order valence-electron chi connectivity index (χ3n) is 3.56. The summed E-state index contributed by atoms with van der Waals surface area (Å²) in [5, 5.41) is 0. The molecule has 70 valence electrons. The fourth-order valence-electron chi connectivity index (χ4n) is 2.37. The molecule has 1 saturated carbocycles. The average molecular weight is 169 g/mol. The van der Waals surface area contributed by atoms with E-state index in [0.717, 1.165) is 6.61 Å². The lowest BCUT2D eigenvalue weighted by molar-refractivity contribution is -0.102. The first kappa shape index (κ1) is 8.52. The predicted molar refractivity (Wildman–Crippen MR) is 48.9 cm³/mol. The highest BCUT2D eigenvalue weighted by Crippen LogP contribution is 2.47. The van der Waals surface area contributed by atoms with Crippen LogP contribution in [0.1, 0.15) is 39.0 Å². The van der Waals surface area contributed by atoms with Crippen molar-refractivity contribution in [2.24, 2.45) is 11.1 Å². The topological polar surface area (TPSA) is 35.2 Å². The summed E-state index contributed by atoms with van der Waals surface area (Å²) in [6.07, 6.45) is 7.04. The molecule has 0 aromatic heterocycles. The van der Waals surface area contributed by atoms with Crippen LogP contribution in [-0.2, 0) is 4.74 Å². The Morgan fingerprint density at radius 3 is 2.50 bits per heavy atom. The van der Waals surface area contributed by atoms with Gasteiger partial charge in [0.15, 0.2) is 0 Å². The quantitative estimate of drug-likeness (QED) is 0.648. The van der Waals surface area contributed by atoms with Crippen molar-refractivity contribution in [1.29, 1.82) is 0 Å². The zero-order chi connectivity index (χ0) is 8.60. The first-order chi connectivity index (χ1) is 5.72. The second kappa shape index (κ2) is 3.00. The van der Waals surface area contributed by atoms with Gasteiger partial charge in [-0.2, -0.15) is 0 Å². The van der Waals surface area contributed by atoms with Crippen LogP contribution in [0.2, 0.25) is 0 Å². The molecule has 2 N–H and O–H groups in total. The van der Waals surface area contributed by atoms with Crippen LogP contribution in [-0.4, -0.2) is 18.8 Å². The first-order valence-corrected chi connectivity index (χ1v) is 5.09. The van der Waals surface area contributed by atoms with Crippen LogP contribution in [0.5, 0.6) is 0 Å². The second-order valence-electron chi connectivity index (χ2n) is 4.60. The number of hydrogen-bond acceptors (Lipinski definition) is 2. The highest BCUT2D eigenvalue weighted by Gasteiger charge is 2.41. The Kier molecular flexibility index (Phi) is 2.13. The molecule has 1 saturated heterocycles. The van der Waals surface area contributed by atoms with Crippen molar-refractivity contribution in [3.63, 3.8) is 0 Å². The van der Waals surface area contributed by atoms with Crippen molar-refractivity contribution in [2.45, 2.75) is 51.2 Å². The number of hydrogen-bond donors (Lipinski definition) is 1. The SMILES string of the molecule is CC(N)C1CCC2(CCC2)CO1. The van der Waals surface area contributed by atoms with Gasteiger partial charge in [0.2, 0.25) is 0 Å². The van der Waals surface area contributed by atoms with Gasteiger partial charge in [-0.3, -0.25) is 0 Å². The highest BCUT2D eigenvalue weighted by molar-refractivity contribution is 4.92. The van der Waals surface area contributed by atoms with E-state index in [-0.39, 0.29) is 6.04 Å². The summed E-state index contributed by atoms with van der Waals surface area (Å²) in [6.45, 7) is 3.02. The van der Waals surface area contributed by atoms with Crippen LogP contribution in [0.15, 0.2) is 0 Å². The van der Waals surface area contributed by atoms with Crippen molar-refractivity contribution in [2.75, 3.05) is 6.61 Å². The molecule has 12 heavy (non-hydrogen) atoms. The molecule has 0 amide bonds. The van der Waals surface area contributed by atoms with E-state index in [4.69, 9.17) is 10.5 Å². The van der Waals surface area contributed by atoms with Crippen molar-refractivity contribution in [3.05, 3.63) is 0 Å². The van der Waals surface area contributed by atoms with Crippen LogP contribution in [0, 0.1) is 5.41 Å². The molecule has 2 nitrogen and oxygen atoms in total. The van der Waals surface area contributed by atoms with Crippen molar-refractivity contribution >= 4 is 0 Å². The molecule has 1 heterocycles. The molecular weight excluding hydrogens is 150 g/mol. The Morgan fingerprint density at radius 1 is 1.42 bits per heavy atom. The van der Waals surface area contributed by atoms with Gasteiger partial charge in [-0.1, -0.05) is 6.42 Å². The lowest BCUT2D eigenvalue weighted by Gasteiger charge is -2.47. The molecule has 1 aliphatic heterocycles. The van der Waals surface area contributed by atoms with Gasteiger partial charge < -0.3 is 10.5 Å². The molecule has 2 aliphatic rings. The Balaban J connectivity index is 1.84. The summed E-state index contributed by atoms with van der Waals surface area (Å²) < 4.78 is 5.77. The van der Waals surface area contributed by atoms with Crippen molar-refractivity contribution in [3.8, 4) is 0 Å². The standard InChI is InChI=1S/C10H19NO/c1-8(11)9-3-6-10(7-12-9)4-2-5-10/h8-9H,2-7,11H2,1H3. The summed E-state index contributed by atoms with van der Waals surface area (Å²) in [5.74, 6) is 0. The van der Waals surface area contributed by atoms with E-state index < -0.39 is 0 Å². The number of nitrogens with two attached hydrogens (primary N) is 1. The molecule has 2 atom stereocenters. The molecular formula is C10H19NO. The smallest absolute Gasteiger partial charge is 0.0723 e. The number of rotatable bonds is 1. The maximum absolute atomic E-state index is 5.79. The zero-order valence-electron chi connectivity index (χ0n) is 7.88. The summed E-state index contributed by atoms with van der Waals surface area (Å²) >= 11 is 0. The minimum absolute atomic E-state index is 0.211.